The van der Waals surface area contributed by atoms with Gasteiger partial charge in [-0.15, -0.1) is 11.3 Å². The number of nitrogens with zero attached hydrogens (tertiary/aromatic N) is 3. The van der Waals surface area contributed by atoms with Crippen LogP contribution in [0.3, 0.4) is 0 Å². The molecule has 7 aromatic carbocycles. The van der Waals surface area contributed by atoms with E-state index in [4.69, 9.17) is 33.1 Å². The summed E-state index contributed by atoms with van der Waals surface area (Å²) in [5.41, 5.74) is 3.69. The first-order valence-electron chi connectivity index (χ1n) is 21.2. The summed E-state index contributed by atoms with van der Waals surface area (Å²) >= 11 is 0.855. The van der Waals surface area contributed by atoms with Crippen molar-refractivity contribution >= 4 is 53.4 Å². The second-order valence-corrected chi connectivity index (χ2v) is 12.6. The van der Waals surface area contributed by atoms with Crippen LogP contribution in [-0.4, -0.2) is 15.0 Å². The zero-order valence-electron chi connectivity index (χ0n) is 36.9. The molecule has 0 aliphatic carbocycles. The highest BCUT2D eigenvalue weighted by atomic mass is 32.1. The highest BCUT2D eigenvalue weighted by Gasteiger charge is 2.17. The SMILES string of the molecule is [2H]c1c([2H])c(-c2nc(-c3ccccc3)nc(-c3ccc4c(c3)oc3cccc(-c5ccccc5)c34)n2)c([2H])c(-c2c([2H])c([2H])c([2H])c3c2sc2c([2H])c([2H])c([2H])c([2H])c23)c1[2H]. The molecule has 0 N–H and O–H groups in total. The highest BCUT2D eigenvalue weighted by molar-refractivity contribution is 7.26. The summed E-state index contributed by atoms with van der Waals surface area (Å²) in [6.07, 6.45) is 0. The second kappa shape index (κ2) is 11.6. The van der Waals surface area contributed by atoms with Crippen LogP contribution in [0.5, 0.6) is 0 Å². The van der Waals surface area contributed by atoms with Crippen LogP contribution in [0, 0.1) is 0 Å². The van der Waals surface area contributed by atoms with E-state index < -0.39 is 60.4 Å². The first kappa shape index (κ1) is 19.5. The van der Waals surface area contributed by atoms with Gasteiger partial charge in [0.05, 0.1) is 15.1 Å². The molecule has 234 valence electrons. The van der Waals surface area contributed by atoms with Crippen molar-refractivity contribution in [1.82, 2.24) is 15.0 Å². The van der Waals surface area contributed by atoms with Crippen molar-refractivity contribution in [2.75, 3.05) is 0 Å². The summed E-state index contributed by atoms with van der Waals surface area (Å²) in [6, 6.07) is 24.9. The molecule has 0 unspecified atom stereocenters. The lowest BCUT2D eigenvalue weighted by Crippen LogP contribution is -2.00. The van der Waals surface area contributed by atoms with E-state index in [0.29, 0.717) is 22.3 Å². The van der Waals surface area contributed by atoms with E-state index in [1.165, 1.54) is 0 Å². The lowest BCUT2D eigenvalue weighted by atomic mass is 9.99. The Kier molecular flexibility index (Phi) is 4.54. The van der Waals surface area contributed by atoms with Crippen LogP contribution in [0.25, 0.3) is 98.5 Å². The van der Waals surface area contributed by atoms with Crippen molar-refractivity contribution in [2.45, 2.75) is 0 Å². The third-order valence-corrected chi connectivity index (χ3v) is 9.67. The molecule has 3 heterocycles. The van der Waals surface area contributed by atoms with Crippen molar-refractivity contribution in [3.63, 3.8) is 0 Å². The van der Waals surface area contributed by atoms with Gasteiger partial charge in [0.25, 0.3) is 0 Å². The fourth-order valence-corrected chi connectivity index (χ4v) is 7.31. The van der Waals surface area contributed by atoms with Gasteiger partial charge in [-0.05, 0) is 52.5 Å². The Balaban J connectivity index is 1.23. The number of furan rings is 1. The van der Waals surface area contributed by atoms with Crippen molar-refractivity contribution in [3.05, 3.63) is 164 Å². The Morgan fingerprint density at radius 2 is 1.18 bits per heavy atom. The molecule has 10 aromatic rings. The summed E-state index contributed by atoms with van der Waals surface area (Å²) in [4.78, 5) is 14.4. The molecular formula is C45H27N3OS. The Morgan fingerprint density at radius 3 is 2.02 bits per heavy atom. The maximum atomic E-state index is 9.63. The zero-order valence-corrected chi connectivity index (χ0v) is 26.7. The number of aromatic nitrogens is 3. The Labute approximate surface area is 307 Å². The third-order valence-electron chi connectivity index (χ3n) is 8.54. The fourth-order valence-electron chi connectivity index (χ4n) is 6.24. The van der Waals surface area contributed by atoms with Gasteiger partial charge in [0, 0.05) is 47.6 Å². The van der Waals surface area contributed by atoms with E-state index >= 15 is 0 Å². The number of hydrogen-bond donors (Lipinski definition) is 0. The van der Waals surface area contributed by atoms with Gasteiger partial charge in [0.2, 0.25) is 0 Å². The van der Waals surface area contributed by atoms with Crippen molar-refractivity contribution in [3.8, 4) is 56.4 Å². The molecule has 3 aromatic heterocycles. The standard InChI is InChI=1S/C45H27N3OS/c1-3-12-28(13-4-1)33-19-11-22-38-41(33)37-25-24-32(27-39(37)49-38)45-47-43(29-14-5-2-6-15-29)46-44(48-45)31-17-9-16-30(26-31)34-20-10-21-36-35-18-7-8-23-40(35)50-42(34)36/h1-27H/i7D,8D,9D,10D,16D,17D,18D,20D,21D,23D,26D. The van der Waals surface area contributed by atoms with Gasteiger partial charge in [-0.2, -0.15) is 0 Å². The molecule has 0 aliphatic rings. The summed E-state index contributed by atoms with van der Waals surface area (Å²) in [5, 5.41) is 1.76. The molecule has 10 rings (SSSR count). The predicted octanol–water partition coefficient (Wildman–Crippen LogP) is 12.5. The first-order valence-corrected chi connectivity index (χ1v) is 16.5. The number of benzene rings is 7. The smallest absolute Gasteiger partial charge is 0.164 e. The maximum Gasteiger partial charge on any atom is 0.164 e. The molecule has 50 heavy (non-hydrogen) atoms. The van der Waals surface area contributed by atoms with Crippen molar-refractivity contribution < 1.29 is 19.5 Å². The second-order valence-electron chi connectivity index (χ2n) is 11.5. The molecule has 0 spiro atoms. The van der Waals surface area contributed by atoms with E-state index in [9.17, 15) is 1.37 Å². The Morgan fingerprint density at radius 1 is 0.480 bits per heavy atom. The average molecular weight is 669 g/mol. The summed E-state index contributed by atoms with van der Waals surface area (Å²) in [6.45, 7) is 0. The molecule has 5 heteroatoms. The molecule has 0 radical (unpaired) electrons. The van der Waals surface area contributed by atoms with Gasteiger partial charge in [-0.25, -0.2) is 15.0 Å². The van der Waals surface area contributed by atoms with Gasteiger partial charge < -0.3 is 4.42 Å². The topological polar surface area (TPSA) is 51.8 Å². The van der Waals surface area contributed by atoms with Crippen LogP contribution in [0.15, 0.2) is 168 Å². The van der Waals surface area contributed by atoms with Gasteiger partial charge in [0.1, 0.15) is 11.2 Å². The summed E-state index contributed by atoms with van der Waals surface area (Å²) < 4.78 is 104. The molecule has 0 saturated carbocycles. The van der Waals surface area contributed by atoms with E-state index in [1.807, 2.05) is 84.9 Å². The highest BCUT2D eigenvalue weighted by Crippen LogP contribution is 2.41. The predicted molar refractivity (Wildman–Crippen MR) is 207 cm³/mol. The molecule has 0 bridgehead atoms. The minimum absolute atomic E-state index is 0.0143. The average Bonchev–Trinajstić information content (AvgIpc) is 3.87. The van der Waals surface area contributed by atoms with Gasteiger partial charge in [-0.1, -0.05) is 133 Å². The van der Waals surface area contributed by atoms with Gasteiger partial charge in [0.15, 0.2) is 17.5 Å². The van der Waals surface area contributed by atoms with Crippen molar-refractivity contribution in [1.29, 1.82) is 0 Å². The first-order chi connectivity index (χ1) is 29.3. The zero-order chi connectivity index (χ0) is 42.6. The normalized spacial score (nSPS) is 14.7. The Hall–Kier alpha value is -6.43. The van der Waals surface area contributed by atoms with Crippen LogP contribution in [0.2, 0.25) is 0 Å². The van der Waals surface area contributed by atoms with Crippen LogP contribution in [-0.2, 0) is 0 Å². The van der Waals surface area contributed by atoms with Crippen molar-refractivity contribution in [2.24, 2.45) is 0 Å². The molecule has 0 aliphatic heterocycles. The number of thiophene rings is 1. The lowest BCUT2D eigenvalue weighted by Gasteiger charge is -2.10. The molecule has 4 nitrogen and oxygen atoms in total. The van der Waals surface area contributed by atoms with E-state index in [0.717, 1.165) is 33.2 Å². The third kappa shape index (κ3) is 4.79. The molecule has 0 fully saturated rings. The van der Waals surface area contributed by atoms with Crippen LogP contribution in [0.1, 0.15) is 15.1 Å². The van der Waals surface area contributed by atoms with Gasteiger partial charge >= 0.3 is 0 Å². The number of hydrogen-bond acceptors (Lipinski definition) is 5. The van der Waals surface area contributed by atoms with E-state index in [1.54, 1.807) is 12.1 Å². The molecular weight excluding hydrogens is 631 g/mol. The van der Waals surface area contributed by atoms with Crippen LogP contribution < -0.4 is 0 Å². The quantitative estimate of drug-likeness (QED) is 0.183. The monoisotopic (exact) mass is 668 g/mol. The number of fused-ring (bicyclic) bond motifs is 6. The molecule has 0 amide bonds. The molecule has 0 atom stereocenters. The Bertz CT molecular complexity index is 3500. The van der Waals surface area contributed by atoms with Gasteiger partial charge in [-0.3, -0.25) is 0 Å². The van der Waals surface area contributed by atoms with Crippen LogP contribution in [0.4, 0.5) is 0 Å². The van der Waals surface area contributed by atoms with Crippen LogP contribution >= 0.6 is 11.3 Å². The summed E-state index contributed by atoms with van der Waals surface area (Å²) in [5.74, 6) is 0.202. The summed E-state index contributed by atoms with van der Waals surface area (Å²) in [7, 11) is 0. The maximum absolute atomic E-state index is 9.63. The number of rotatable bonds is 5. The lowest BCUT2D eigenvalue weighted by molar-refractivity contribution is 0.669. The minimum Gasteiger partial charge on any atom is -0.456 e. The molecule has 0 saturated heterocycles. The largest absolute Gasteiger partial charge is 0.456 e. The minimum atomic E-state index is -0.610. The fraction of sp³-hybridized carbons (Fsp3) is 0. The van der Waals surface area contributed by atoms with E-state index in [-0.39, 0.29) is 60.4 Å². The van der Waals surface area contributed by atoms with E-state index in [2.05, 4.69) is 0 Å².